The van der Waals surface area contributed by atoms with Crippen LogP contribution < -0.4 is 5.32 Å². The summed E-state index contributed by atoms with van der Waals surface area (Å²) in [6.45, 7) is 3.87. The van der Waals surface area contributed by atoms with Crippen molar-refractivity contribution in [2.75, 3.05) is 6.61 Å². The molecule has 0 rings (SSSR count). The van der Waals surface area contributed by atoms with Gasteiger partial charge in [0.25, 0.3) is 0 Å². The molecule has 0 aliphatic rings. The molecule has 4 atom stereocenters. The first-order valence-electron chi connectivity index (χ1n) is 13.7. The Hall–Kier alpha value is -1.21. The number of aliphatic hydroxyl groups excluding tert-OH is 4. The summed E-state index contributed by atoms with van der Waals surface area (Å²) in [5.41, 5.74) is 0. The van der Waals surface area contributed by atoms with E-state index in [0.717, 1.165) is 44.9 Å². The molecule has 0 aromatic carbocycles. The molecule has 5 N–H and O–H groups in total. The van der Waals surface area contributed by atoms with Crippen LogP contribution in [-0.4, -0.2) is 57.3 Å². The molecule has 0 fully saturated rings. The van der Waals surface area contributed by atoms with Gasteiger partial charge in [-0.05, 0) is 57.8 Å². The second kappa shape index (κ2) is 23.5. The first-order valence-corrected chi connectivity index (χ1v) is 13.7. The van der Waals surface area contributed by atoms with Gasteiger partial charge in [-0.2, -0.15) is 0 Å². The third kappa shape index (κ3) is 18.2. The van der Waals surface area contributed by atoms with Crippen molar-refractivity contribution in [2.24, 2.45) is 0 Å². The second-order valence-corrected chi connectivity index (χ2v) is 9.37. The summed E-state index contributed by atoms with van der Waals surface area (Å²) in [5, 5.41) is 42.8. The van der Waals surface area contributed by atoms with Crippen molar-refractivity contribution >= 4 is 5.91 Å². The fourth-order valence-electron chi connectivity index (χ4n) is 3.79. The third-order valence-electron chi connectivity index (χ3n) is 6.13. The number of carbonyl (C=O) groups excluding carboxylic acids is 1. The highest BCUT2D eigenvalue weighted by molar-refractivity contribution is 5.80. The molecule has 0 saturated carbocycles. The first-order chi connectivity index (χ1) is 16.5. The number of carbonyl (C=O) groups is 1. The van der Waals surface area contributed by atoms with Crippen LogP contribution in [0.4, 0.5) is 0 Å². The summed E-state index contributed by atoms with van der Waals surface area (Å²) in [6, 6.07) is -1.00. The minimum Gasteiger partial charge on any atom is -0.394 e. The maximum Gasteiger partial charge on any atom is 0.249 e. The number of amides is 1. The smallest absolute Gasteiger partial charge is 0.249 e. The van der Waals surface area contributed by atoms with Crippen molar-refractivity contribution in [3.05, 3.63) is 24.3 Å². The van der Waals surface area contributed by atoms with Crippen molar-refractivity contribution in [3.8, 4) is 0 Å². The Morgan fingerprint density at radius 3 is 1.79 bits per heavy atom. The van der Waals surface area contributed by atoms with E-state index in [2.05, 4.69) is 43.5 Å². The van der Waals surface area contributed by atoms with Crippen LogP contribution in [0.3, 0.4) is 0 Å². The number of allylic oxidation sites excluding steroid dienone is 4. The van der Waals surface area contributed by atoms with Crippen LogP contribution in [0.25, 0.3) is 0 Å². The lowest BCUT2D eigenvalue weighted by molar-refractivity contribution is -0.132. The zero-order valence-electron chi connectivity index (χ0n) is 21.8. The molecule has 4 unspecified atom stereocenters. The van der Waals surface area contributed by atoms with Gasteiger partial charge >= 0.3 is 0 Å². The number of hydrogen-bond acceptors (Lipinski definition) is 5. The van der Waals surface area contributed by atoms with Gasteiger partial charge in [-0.1, -0.05) is 83.1 Å². The first kappa shape index (κ1) is 32.8. The van der Waals surface area contributed by atoms with Crippen LogP contribution in [0.15, 0.2) is 24.3 Å². The van der Waals surface area contributed by atoms with Crippen molar-refractivity contribution in [1.82, 2.24) is 5.32 Å². The lowest BCUT2D eigenvalue weighted by Crippen LogP contribution is -2.53. The number of hydrogen-bond donors (Lipinski definition) is 5. The average Bonchev–Trinajstić information content (AvgIpc) is 2.84. The standard InChI is InChI=1S/C28H53NO5/c1-3-5-7-9-11-13-15-17-19-21-25(31)27(33)24(23-30)29-28(34)26(32)22-20-18-16-14-12-10-8-6-4-2/h10,12-13,15,24-27,30-33H,3-9,11,14,16-23H2,1-2H3,(H,29,34)/b12-10-,15-13+. The minimum atomic E-state index is -1.28. The lowest BCUT2D eigenvalue weighted by Gasteiger charge is -2.27. The molecule has 200 valence electrons. The maximum atomic E-state index is 12.2. The molecule has 1 amide bonds. The average molecular weight is 484 g/mol. The van der Waals surface area contributed by atoms with Gasteiger partial charge < -0.3 is 25.7 Å². The van der Waals surface area contributed by atoms with Crippen LogP contribution in [0, 0.1) is 0 Å². The molecule has 0 saturated heterocycles. The van der Waals surface area contributed by atoms with Crippen LogP contribution in [-0.2, 0) is 4.79 Å². The van der Waals surface area contributed by atoms with Crippen LogP contribution in [0.1, 0.15) is 117 Å². The van der Waals surface area contributed by atoms with Crippen molar-refractivity contribution < 1.29 is 25.2 Å². The SMILES string of the molecule is CCCC/C=C\CCCCCC(O)C(=O)NC(CO)C(O)C(O)CCC/C=C/CCCCCC. The second-order valence-electron chi connectivity index (χ2n) is 9.37. The Balaban J connectivity index is 4.07. The van der Waals surface area contributed by atoms with Crippen molar-refractivity contribution in [2.45, 2.75) is 141 Å². The van der Waals surface area contributed by atoms with E-state index in [1.165, 1.54) is 38.5 Å². The molecule has 0 aliphatic heterocycles. The largest absolute Gasteiger partial charge is 0.394 e. The molecule has 0 radical (unpaired) electrons. The van der Waals surface area contributed by atoms with Gasteiger partial charge in [0.15, 0.2) is 0 Å². The molecule has 6 nitrogen and oxygen atoms in total. The van der Waals surface area contributed by atoms with Crippen molar-refractivity contribution in [1.29, 1.82) is 0 Å². The Bertz CT molecular complexity index is 523. The Kier molecular flexibility index (Phi) is 22.7. The molecule has 6 heteroatoms. The molecule has 0 spiro atoms. The number of unbranched alkanes of at least 4 members (excludes halogenated alkanes) is 10. The van der Waals surface area contributed by atoms with Crippen LogP contribution in [0.5, 0.6) is 0 Å². The van der Waals surface area contributed by atoms with Gasteiger partial charge in [0.2, 0.25) is 5.91 Å². The van der Waals surface area contributed by atoms with Crippen molar-refractivity contribution in [3.63, 3.8) is 0 Å². The fourth-order valence-corrected chi connectivity index (χ4v) is 3.79. The maximum absolute atomic E-state index is 12.2. The third-order valence-corrected chi connectivity index (χ3v) is 6.13. The fraction of sp³-hybridized carbons (Fsp3) is 0.821. The van der Waals surface area contributed by atoms with Gasteiger partial charge in [0.05, 0.1) is 18.8 Å². The Morgan fingerprint density at radius 2 is 1.24 bits per heavy atom. The monoisotopic (exact) mass is 483 g/mol. The molecular formula is C28H53NO5. The van der Waals surface area contributed by atoms with Gasteiger partial charge in [-0.15, -0.1) is 0 Å². The summed E-state index contributed by atoms with van der Waals surface area (Å²) < 4.78 is 0. The highest BCUT2D eigenvalue weighted by atomic mass is 16.3. The van der Waals surface area contributed by atoms with Crippen LogP contribution in [0.2, 0.25) is 0 Å². The molecular weight excluding hydrogens is 430 g/mol. The Labute approximate surface area is 208 Å². The molecule has 0 aromatic heterocycles. The summed E-state index contributed by atoms with van der Waals surface area (Å²) in [5.74, 6) is -0.615. The number of nitrogens with one attached hydrogen (secondary N) is 1. The van der Waals surface area contributed by atoms with Gasteiger partial charge in [-0.25, -0.2) is 0 Å². The lowest BCUT2D eigenvalue weighted by atomic mass is 10.00. The number of aliphatic hydroxyl groups is 4. The van der Waals surface area contributed by atoms with E-state index in [1.807, 2.05) is 0 Å². The molecule has 0 aromatic rings. The molecule has 0 aliphatic carbocycles. The zero-order chi connectivity index (χ0) is 25.4. The van der Waals surface area contributed by atoms with E-state index in [0.29, 0.717) is 19.3 Å². The summed E-state index contributed by atoms with van der Waals surface area (Å²) >= 11 is 0. The van der Waals surface area contributed by atoms with E-state index in [-0.39, 0.29) is 0 Å². The minimum absolute atomic E-state index is 0.340. The van der Waals surface area contributed by atoms with Gasteiger partial charge in [-0.3, -0.25) is 4.79 Å². The highest BCUT2D eigenvalue weighted by Crippen LogP contribution is 2.12. The topological polar surface area (TPSA) is 110 Å². The summed E-state index contributed by atoms with van der Waals surface area (Å²) in [4.78, 5) is 12.2. The molecule has 34 heavy (non-hydrogen) atoms. The van der Waals surface area contributed by atoms with E-state index in [4.69, 9.17) is 0 Å². The Morgan fingerprint density at radius 1 is 0.706 bits per heavy atom. The van der Waals surface area contributed by atoms with Crippen LogP contribution >= 0.6 is 0 Å². The molecule has 0 bridgehead atoms. The number of rotatable bonds is 23. The predicted molar refractivity (Wildman–Crippen MR) is 141 cm³/mol. The summed E-state index contributed by atoms with van der Waals surface area (Å²) in [6.07, 6.45) is 20.7. The summed E-state index contributed by atoms with van der Waals surface area (Å²) in [7, 11) is 0. The normalized spacial score (nSPS) is 15.6. The zero-order valence-corrected chi connectivity index (χ0v) is 21.8. The quantitative estimate of drug-likeness (QED) is 0.104. The van der Waals surface area contributed by atoms with Gasteiger partial charge in [0, 0.05) is 0 Å². The van der Waals surface area contributed by atoms with E-state index < -0.39 is 36.9 Å². The van der Waals surface area contributed by atoms with E-state index in [9.17, 15) is 25.2 Å². The van der Waals surface area contributed by atoms with Gasteiger partial charge in [0.1, 0.15) is 12.2 Å². The van der Waals surface area contributed by atoms with E-state index >= 15 is 0 Å². The highest BCUT2D eigenvalue weighted by Gasteiger charge is 2.28. The molecule has 0 heterocycles. The predicted octanol–water partition coefficient (Wildman–Crippen LogP) is 4.94. The van der Waals surface area contributed by atoms with E-state index in [1.54, 1.807) is 0 Å².